The number of para-hydroxylation sites is 2. The van der Waals surface area contributed by atoms with Crippen LogP contribution in [-0.2, 0) is 5.41 Å². The second-order valence-corrected chi connectivity index (χ2v) is 10.6. The topological polar surface area (TPSA) is 17.6 Å². The lowest BCUT2D eigenvalue weighted by atomic mass is 9.82. The molecule has 2 heteroatoms. The van der Waals surface area contributed by atoms with Gasteiger partial charge in [0.15, 0.2) is 0 Å². The summed E-state index contributed by atoms with van der Waals surface area (Å²) in [5, 5.41) is 7.57. The molecule has 1 aliphatic carbocycles. The second-order valence-electron chi connectivity index (χ2n) is 10.6. The Morgan fingerprint density at radius 2 is 1.34 bits per heavy atom. The van der Waals surface area contributed by atoms with Crippen LogP contribution in [0.5, 0.6) is 0 Å². The van der Waals surface area contributed by atoms with E-state index in [1.165, 1.54) is 71.1 Å². The summed E-state index contributed by atoms with van der Waals surface area (Å²) in [6, 6.07) is 33.3. The maximum atomic E-state index is 6.43. The zero-order valence-electron chi connectivity index (χ0n) is 19.5. The van der Waals surface area contributed by atoms with Crippen molar-refractivity contribution in [3.63, 3.8) is 0 Å². The van der Waals surface area contributed by atoms with E-state index in [1.54, 1.807) is 0 Å². The highest BCUT2D eigenvalue weighted by molar-refractivity contribution is 6.34. The molecule has 8 aromatic rings. The van der Waals surface area contributed by atoms with Crippen molar-refractivity contribution in [3.8, 4) is 11.1 Å². The molecule has 1 aliphatic rings. The summed E-state index contributed by atoms with van der Waals surface area (Å²) in [5.41, 5.74) is 11.3. The lowest BCUT2D eigenvalue weighted by molar-refractivity contribution is 0.661. The first-order chi connectivity index (χ1) is 17.1. The zero-order valence-corrected chi connectivity index (χ0v) is 19.5. The van der Waals surface area contributed by atoms with Gasteiger partial charge in [-0.05, 0) is 52.6 Å². The molecule has 3 heterocycles. The van der Waals surface area contributed by atoms with E-state index in [0.29, 0.717) is 0 Å². The third kappa shape index (κ3) is 1.93. The smallest absolute Gasteiger partial charge is 0.136 e. The fourth-order valence-corrected chi connectivity index (χ4v) is 6.96. The minimum absolute atomic E-state index is 0.0249. The van der Waals surface area contributed by atoms with Gasteiger partial charge in [-0.3, -0.25) is 0 Å². The molecule has 9 rings (SSSR count). The molecule has 164 valence electrons. The number of benzene rings is 5. The van der Waals surface area contributed by atoms with Gasteiger partial charge >= 0.3 is 0 Å². The van der Waals surface area contributed by atoms with Gasteiger partial charge in [0.05, 0.1) is 16.6 Å². The first kappa shape index (κ1) is 18.1. The van der Waals surface area contributed by atoms with Gasteiger partial charge in [0.1, 0.15) is 11.2 Å². The Morgan fingerprint density at radius 3 is 2.26 bits per heavy atom. The molecule has 2 nitrogen and oxygen atoms in total. The Hall–Kier alpha value is -4.30. The first-order valence-corrected chi connectivity index (χ1v) is 12.3. The minimum atomic E-state index is -0.0249. The van der Waals surface area contributed by atoms with Crippen molar-refractivity contribution < 1.29 is 4.42 Å². The second kappa shape index (κ2) is 5.67. The summed E-state index contributed by atoms with van der Waals surface area (Å²) in [5.74, 6) is 0. The average molecular weight is 448 g/mol. The number of hydrogen-bond acceptors (Lipinski definition) is 1. The lowest BCUT2D eigenvalue weighted by Crippen LogP contribution is -2.14. The van der Waals surface area contributed by atoms with Gasteiger partial charge in [0.25, 0.3) is 0 Å². The molecule has 0 unspecified atom stereocenters. The summed E-state index contributed by atoms with van der Waals surface area (Å²) in [7, 11) is 0. The molecule has 0 radical (unpaired) electrons. The van der Waals surface area contributed by atoms with Crippen LogP contribution < -0.4 is 0 Å². The van der Waals surface area contributed by atoms with Gasteiger partial charge in [-0.15, -0.1) is 0 Å². The van der Waals surface area contributed by atoms with E-state index in [0.717, 1.165) is 11.2 Å². The molecule has 0 saturated heterocycles. The molecule has 0 spiro atoms. The Kier molecular flexibility index (Phi) is 2.93. The molecule has 0 bridgehead atoms. The summed E-state index contributed by atoms with van der Waals surface area (Å²) in [4.78, 5) is 0. The predicted molar refractivity (Wildman–Crippen MR) is 146 cm³/mol. The SMILES string of the molecule is CC1(C)c2ccccc2-c2cc3c(cc21)c1cc2oc4ccccc4c2c2c4ccccc4n3c12. The summed E-state index contributed by atoms with van der Waals surface area (Å²) >= 11 is 0. The highest BCUT2D eigenvalue weighted by atomic mass is 16.3. The molecule has 0 saturated carbocycles. The van der Waals surface area contributed by atoms with Crippen LogP contribution in [0.1, 0.15) is 25.0 Å². The van der Waals surface area contributed by atoms with Gasteiger partial charge in [0, 0.05) is 37.7 Å². The van der Waals surface area contributed by atoms with Crippen molar-refractivity contribution >= 4 is 60.0 Å². The van der Waals surface area contributed by atoms with Crippen LogP contribution in [0.25, 0.3) is 71.2 Å². The third-order valence-corrected chi connectivity index (χ3v) is 8.51. The van der Waals surface area contributed by atoms with Crippen molar-refractivity contribution in [2.75, 3.05) is 0 Å². The molecule has 0 aliphatic heterocycles. The Labute approximate surface area is 201 Å². The zero-order chi connectivity index (χ0) is 23.1. The number of aromatic nitrogens is 1. The average Bonchev–Trinajstić information content (AvgIpc) is 3.57. The van der Waals surface area contributed by atoms with Gasteiger partial charge in [0.2, 0.25) is 0 Å². The molecule has 3 aromatic heterocycles. The summed E-state index contributed by atoms with van der Waals surface area (Å²) in [6.07, 6.45) is 0. The normalized spacial score (nSPS) is 14.8. The molecular weight excluding hydrogens is 426 g/mol. The van der Waals surface area contributed by atoms with Gasteiger partial charge < -0.3 is 8.82 Å². The monoisotopic (exact) mass is 447 g/mol. The van der Waals surface area contributed by atoms with Crippen molar-refractivity contribution in [2.45, 2.75) is 19.3 Å². The van der Waals surface area contributed by atoms with E-state index in [-0.39, 0.29) is 5.41 Å². The van der Waals surface area contributed by atoms with Crippen LogP contribution in [-0.4, -0.2) is 4.40 Å². The number of hydrogen-bond donors (Lipinski definition) is 0. The molecule has 0 atom stereocenters. The van der Waals surface area contributed by atoms with E-state index < -0.39 is 0 Å². The Balaban J connectivity index is 1.58. The quantitative estimate of drug-likeness (QED) is 0.227. The molecule has 0 N–H and O–H groups in total. The van der Waals surface area contributed by atoms with Gasteiger partial charge in [-0.2, -0.15) is 0 Å². The fourth-order valence-electron chi connectivity index (χ4n) is 6.96. The molecule has 0 amide bonds. The maximum absolute atomic E-state index is 6.43. The molecule has 5 aromatic carbocycles. The largest absolute Gasteiger partial charge is 0.456 e. The van der Waals surface area contributed by atoms with Crippen LogP contribution in [0.3, 0.4) is 0 Å². The van der Waals surface area contributed by atoms with Crippen LogP contribution in [0.4, 0.5) is 0 Å². The lowest BCUT2D eigenvalue weighted by Gasteiger charge is -2.21. The number of nitrogens with zero attached hydrogens (tertiary/aromatic N) is 1. The van der Waals surface area contributed by atoms with Crippen molar-refractivity contribution in [1.82, 2.24) is 4.40 Å². The molecular formula is C33H21NO. The Bertz CT molecular complexity index is 2190. The maximum Gasteiger partial charge on any atom is 0.136 e. The van der Waals surface area contributed by atoms with Gasteiger partial charge in [-0.1, -0.05) is 74.5 Å². The van der Waals surface area contributed by atoms with E-state index >= 15 is 0 Å². The Morgan fingerprint density at radius 1 is 0.571 bits per heavy atom. The van der Waals surface area contributed by atoms with E-state index in [1.807, 2.05) is 0 Å². The molecule has 35 heavy (non-hydrogen) atoms. The van der Waals surface area contributed by atoms with Crippen molar-refractivity contribution in [2.24, 2.45) is 0 Å². The minimum Gasteiger partial charge on any atom is -0.456 e. The van der Waals surface area contributed by atoms with Crippen LogP contribution >= 0.6 is 0 Å². The van der Waals surface area contributed by atoms with Crippen LogP contribution in [0.15, 0.2) is 95.4 Å². The van der Waals surface area contributed by atoms with Crippen LogP contribution in [0.2, 0.25) is 0 Å². The third-order valence-electron chi connectivity index (χ3n) is 8.51. The van der Waals surface area contributed by atoms with E-state index in [2.05, 4.69) is 109 Å². The molecule has 0 fully saturated rings. The highest BCUT2D eigenvalue weighted by Crippen LogP contribution is 2.52. The van der Waals surface area contributed by atoms with Gasteiger partial charge in [-0.25, -0.2) is 0 Å². The van der Waals surface area contributed by atoms with E-state index in [4.69, 9.17) is 4.42 Å². The summed E-state index contributed by atoms with van der Waals surface area (Å²) < 4.78 is 8.93. The van der Waals surface area contributed by atoms with E-state index in [9.17, 15) is 0 Å². The highest BCUT2D eigenvalue weighted by Gasteiger charge is 2.36. The van der Waals surface area contributed by atoms with Crippen molar-refractivity contribution in [1.29, 1.82) is 0 Å². The van der Waals surface area contributed by atoms with Crippen molar-refractivity contribution in [3.05, 3.63) is 102 Å². The first-order valence-electron chi connectivity index (χ1n) is 12.3. The number of rotatable bonds is 0. The fraction of sp³-hybridized carbons (Fsp3) is 0.0909. The summed E-state index contributed by atoms with van der Waals surface area (Å²) in [6.45, 7) is 4.71. The standard InChI is InChI=1S/C33H21NO/c1-33(2)24-12-6-3-9-18(24)21-16-27-22(15-25(21)33)23-17-29-30(20-11-5-8-14-28(20)35-29)31-19-10-4-7-13-26(19)34(27)32(23)31/h3-17H,1-2H3. The number of furan rings is 1. The predicted octanol–water partition coefficient (Wildman–Crippen LogP) is 9.04. The van der Waals surface area contributed by atoms with Crippen LogP contribution in [0, 0.1) is 0 Å². The number of fused-ring (bicyclic) bond motifs is 13.